The van der Waals surface area contributed by atoms with E-state index in [9.17, 15) is 9.59 Å². The number of amides is 2. The van der Waals surface area contributed by atoms with Crippen LogP contribution in [0.2, 0.25) is 5.02 Å². The molecule has 3 N–H and O–H groups in total. The Morgan fingerprint density at radius 3 is 2.68 bits per heavy atom. The van der Waals surface area contributed by atoms with Gasteiger partial charge in [0.15, 0.2) is 0 Å². The first-order chi connectivity index (χ1) is 11.5. The molecule has 0 saturated carbocycles. The average molecular weight is 402 g/mol. The summed E-state index contributed by atoms with van der Waals surface area (Å²) in [4.78, 5) is 25.4. The lowest BCUT2D eigenvalue weighted by Crippen LogP contribution is -2.29. The molecule has 1 aromatic carbocycles. The molecule has 0 bridgehead atoms. The molecular weight excluding hydrogens is 381 g/mol. The fourth-order valence-electron chi connectivity index (χ4n) is 2.12. The number of anilines is 1. The molecule has 25 heavy (non-hydrogen) atoms. The quantitative estimate of drug-likeness (QED) is 0.664. The number of rotatable bonds is 7. The van der Waals surface area contributed by atoms with Crippen molar-refractivity contribution in [3.05, 3.63) is 51.2 Å². The average Bonchev–Trinajstić information content (AvgIpc) is 3.08. The van der Waals surface area contributed by atoms with Crippen LogP contribution in [0.25, 0.3) is 0 Å². The minimum absolute atomic E-state index is 0. The Labute approximate surface area is 162 Å². The van der Waals surface area contributed by atoms with Gasteiger partial charge in [-0.1, -0.05) is 24.6 Å². The van der Waals surface area contributed by atoms with Gasteiger partial charge in [-0.15, -0.1) is 23.7 Å². The van der Waals surface area contributed by atoms with E-state index < -0.39 is 0 Å². The van der Waals surface area contributed by atoms with Crippen LogP contribution >= 0.6 is 35.3 Å². The Hall–Kier alpha value is -1.60. The fourth-order valence-corrected chi connectivity index (χ4v) is 2.97. The zero-order valence-electron chi connectivity index (χ0n) is 14.0. The number of hydrogen-bond acceptors (Lipinski definition) is 4. The molecular formula is C17H21Cl2N3O2S. The number of carbonyl (C=O) groups excluding carboxylic acids is 2. The van der Waals surface area contributed by atoms with Crippen LogP contribution in [0.4, 0.5) is 5.69 Å². The van der Waals surface area contributed by atoms with Crippen LogP contribution in [0.5, 0.6) is 0 Å². The van der Waals surface area contributed by atoms with E-state index in [0.717, 1.165) is 4.88 Å². The van der Waals surface area contributed by atoms with Crippen molar-refractivity contribution in [2.45, 2.75) is 13.5 Å². The Morgan fingerprint density at radius 2 is 2.04 bits per heavy atom. The Balaban J connectivity index is 0.00000312. The Bertz CT molecular complexity index is 708. The van der Waals surface area contributed by atoms with Crippen molar-refractivity contribution in [2.75, 3.05) is 18.9 Å². The highest BCUT2D eigenvalue weighted by Gasteiger charge is 2.15. The standard InChI is InChI=1S/C17H20ClN3O2S.ClH/c1-11(9-19-2)16(22)21-12-5-6-15(18)14(8-12)17(23)20-10-13-4-3-7-24-13;/h3-8,11,19H,9-10H2,1-2H3,(H,20,23)(H,21,22);1H. The molecule has 0 fully saturated rings. The number of hydrogen-bond donors (Lipinski definition) is 3. The van der Waals surface area contributed by atoms with Crippen LogP contribution in [0.1, 0.15) is 22.2 Å². The van der Waals surface area contributed by atoms with Gasteiger partial charge in [0.25, 0.3) is 5.91 Å². The molecule has 1 unspecified atom stereocenters. The highest BCUT2D eigenvalue weighted by atomic mass is 35.5. The maximum Gasteiger partial charge on any atom is 0.253 e. The van der Waals surface area contributed by atoms with Gasteiger partial charge in [0.05, 0.1) is 17.1 Å². The molecule has 2 amide bonds. The summed E-state index contributed by atoms with van der Waals surface area (Å²) in [5, 5.41) is 10.9. The van der Waals surface area contributed by atoms with Gasteiger partial charge in [0.2, 0.25) is 5.91 Å². The minimum atomic E-state index is -0.271. The van der Waals surface area contributed by atoms with Crippen molar-refractivity contribution in [2.24, 2.45) is 5.92 Å². The van der Waals surface area contributed by atoms with E-state index in [1.807, 2.05) is 24.4 Å². The third kappa shape index (κ3) is 6.32. The van der Waals surface area contributed by atoms with Crippen LogP contribution in [-0.4, -0.2) is 25.4 Å². The van der Waals surface area contributed by atoms with Crippen LogP contribution in [-0.2, 0) is 11.3 Å². The lowest BCUT2D eigenvalue weighted by Gasteiger charge is -2.13. The van der Waals surface area contributed by atoms with Crippen molar-refractivity contribution >= 4 is 52.8 Å². The highest BCUT2D eigenvalue weighted by Crippen LogP contribution is 2.21. The van der Waals surface area contributed by atoms with Gasteiger partial charge in [-0.2, -0.15) is 0 Å². The molecule has 2 rings (SSSR count). The normalized spacial score (nSPS) is 11.3. The van der Waals surface area contributed by atoms with Crippen LogP contribution in [0.15, 0.2) is 35.7 Å². The number of benzene rings is 1. The van der Waals surface area contributed by atoms with Crippen molar-refractivity contribution in [1.82, 2.24) is 10.6 Å². The molecule has 1 aromatic heterocycles. The topological polar surface area (TPSA) is 70.2 Å². The van der Waals surface area contributed by atoms with E-state index in [0.29, 0.717) is 29.4 Å². The molecule has 0 aliphatic rings. The molecule has 2 aromatic rings. The van der Waals surface area contributed by atoms with E-state index in [1.165, 1.54) is 0 Å². The Morgan fingerprint density at radius 1 is 1.28 bits per heavy atom. The SMILES string of the molecule is CNCC(C)C(=O)Nc1ccc(Cl)c(C(=O)NCc2cccs2)c1.Cl. The zero-order chi connectivity index (χ0) is 17.5. The number of carbonyl (C=O) groups is 2. The van der Waals surface area contributed by atoms with Crippen LogP contribution in [0, 0.1) is 5.92 Å². The summed E-state index contributed by atoms with van der Waals surface area (Å²) in [6.07, 6.45) is 0. The lowest BCUT2D eigenvalue weighted by molar-refractivity contribution is -0.119. The van der Waals surface area contributed by atoms with Crippen molar-refractivity contribution in [1.29, 1.82) is 0 Å². The molecule has 0 aliphatic carbocycles. The first-order valence-electron chi connectivity index (χ1n) is 7.57. The molecule has 0 aliphatic heterocycles. The molecule has 0 spiro atoms. The van der Waals surface area contributed by atoms with E-state index in [2.05, 4.69) is 16.0 Å². The molecule has 1 heterocycles. The summed E-state index contributed by atoms with van der Waals surface area (Å²) in [6.45, 7) is 2.85. The smallest absolute Gasteiger partial charge is 0.253 e. The summed E-state index contributed by atoms with van der Waals surface area (Å²) < 4.78 is 0. The number of halogens is 2. The summed E-state index contributed by atoms with van der Waals surface area (Å²) in [6, 6.07) is 8.77. The fraction of sp³-hybridized carbons (Fsp3) is 0.294. The summed E-state index contributed by atoms with van der Waals surface area (Å²) in [5.74, 6) is -0.564. The predicted octanol–water partition coefficient (Wildman–Crippen LogP) is 3.55. The van der Waals surface area contributed by atoms with Gasteiger partial charge < -0.3 is 16.0 Å². The first-order valence-corrected chi connectivity index (χ1v) is 8.82. The summed E-state index contributed by atoms with van der Waals surface area (Å²) in [7, 11) is 1.79. The molecule has 136 valence electrons. The largest absolute Gasteiger partial charge is 0.347 e. The van der Waals surface area contributed by atoms with Gasteiger partial charge in [-0.05, 0) is 36.7 Å². The van der Waals surface area contributed by atoms with Crippen molar-refractivity contribution in [3.8, 4) is 0 Å². The Kier molecular flexibility index (Phi) is 8.92. The van der Waals surface area contributed by atoms with Gasteiger partial charge in [-0.25, -0.2) is 0 Å². The third-order valence-electron chi connectivity index (χ3n) is 3.44. The molecule has 0 saturated heterocycles. The predicted molar refractivity (Wildman–Crippen MR) is 106 cm³/mol. The van der Waals surface area contributed by atoms with Gasteiger partial charge in [0.1, 0.15) is 0 Å². The highest BCUT2D eigenvalue weighted by molar-refractivity contribution is 7.09. The van der Waals surface area contributed by atoms with Gasteiger partial charge >= 0.3 is 0 Å². The number of nitrogens with one attached hydrogen (secondary N) is 3. The molecule has 8 heteroatoms. The monoisotopic (exact) mass is 401 g/mol. The van der Waals surface area contributed by atoms with Crippen LogP contribution < -0.4 is 16.0 Å². The van der Waals surface area contributed by atoms with E-state index in [4.69, 9.17) is 11.6 Å². The second-order valence-corrected chi connectivity index (χ2v) is 6.84. The van der Waals surface area contributed by atoms with Gasteiger partial charge in [-0.3, -0.25) is 9.59 Å². The molecule has 5 nitrogen and oxygen atoms in total. The van der Waals surface area contributed by atoms with Crippen LogP contribution in [0.3, 0.4) is 0 Å². The lowest BCUT2D eigenvalue weighted by atomic mass is 10.1. The maximum atomic E-state index is 12.3. The van der Waals surface area contributed by atoms with E-state index in [1.54, 1.807) is 36.6 Å². The molecule has 1 atom stereocenters. The summed E-state index contributed by atoms with van der Waals surface area (Å²) >= 11 is 7.69. The second-order valence-electron chi connectivity index (χ2n) is 5.40. The third-order valence-corrected chi connectivity index (χ3v) is 4.65. The van der Waals surface area contributed by atoms with Crippen molar-refractivity contribution in [3.63, 3.8) is 0 Å². The van der Waals surface area contributed by atoms with E-state index in [-0.39, 0.29) is 30.1 Å². The maximum absolute atomic E-state index is 12.3. The minimum Gasteiger partial charge on any atom is -0.347 e. The number of thiophene rings is 1. The van der Waals surface area contributed by atoms with E-state index >= 15 is 0 Å². The van der Waals surface area contributed by atoms with Crippen molar-refractivity contribution < 1.29 is 9.59 Å². The zero-order valence-corrected chi connectivity index (χ0v) is 16.4. The van der Waals surface area contributed by atoms with Gasteiger partial charge in [0, 0.05) is 23.0 Å². The summed E-state index contributed by atoms with van der Waals surface area (Å²) in [5.41, 5.74) is 0.890. The second kappa shape index (κ2) is 10.4. The first kappa shape index (κ1) is 21.4. The molecule has 0 radical (unpaired) electrons.